The first-order valence-electron chi connectivity index (χ1n) is 7.22. The van der Waals surface area contributed by atoms with Gasteiger partial charge >= 0.3 is 0 Å². The predicted molar refractivity (Wildman–Crippen MR) is 72.6 cm³/mol. The van der Waals surface area contributed by atoms with Crippen LogP contribution in [-0.2, 0) is 16.1 Å². The molecule has 1 aliphatic carbocycles. The summed E-state index contributed by atoms with van der Waals surface area (Å²) in [4.78, 5) is 25.8. The van der Waals surface area contributed by atoms with Gasteiger partial charge in [-0.05, 0) is 25.0 Å². The van der Waals surface area contributed by atoms with Crippen LogP contribution in [0.2, 0.25) is 0 Å². The van der Waals surface area contributed by atoms with E-state index in [2.05, 4.69) is 5.32 Å². The molecule has 1 aromatic rings. The zero-order valence-electron chi connectivity index (χ0n) is 11.7. The normalized spacial score (nSPS) is 27.9. The van der Waals surface area contributed by atoms with Crippen molar-refractivity contribution in [1.82, 2.24) is 10.2 Å². The predicted octanol–water partition coefficient (Wildman–Crippen LogP) is 1.54. The van der Waals surface area contributed by atoms with Crippen molar-refractivity contribution >= 4 is 11.8 Å². The Balaban J connectivity index is 1.51. The van der Waals surface area contributed by atoms with Crippen molar-refractivity contribution in [1.29, 1.82) is 0 Å². The zero-order valence-corrected chi connectivity index (χ0v) is 11.7. The first-order valence-corrected chi connectivity index (χ1v) is 7.22. The second-order valence-electron chi connectivity index (χ2n) is 5.84. The number of nitrogens with one attached hydrogen (secondary N) is 1. The van der Waals surface area contributed by atoms with Crippen LogP contribution in [0.25, 0.3) is 0 Å². The van der Waals surface area contributed by atoms with Gasteiger partial charge in [0.25, 0.3) is 0 Å². The molecule has 1 saturated carbocycles. The van der Waals surface area contributed by atoms with Crippen molar-refractivity contribution in [2.75, 3.05) is 13.1 Å². The summed E-state index contributed by atoms with van der Waals surface area (Å²) in [5.41, 5.74) is 0.0536. The minimum Gasteiger partial charge on any atom is -0.467 e. The fourth-order valence-electron chi connectivity index (χ4n) is 3.21. The molecule has 3 rings (SSSR count). The minimum atomic E-state index is 0.0536. The molecule has 0 bridgehead atoms. The van der Waals surface area contributed by atoms with Gasteiger partial charge in [-0.15, -0.1) is 0 Å². The highest BCUT2D eigenvalue weighted by molar-refractivity contribution is 5.83. The Labute approximate surface area is 118 Å². The van der Waals surface area contributed by atoms with Crippen LogP contribution in [0.4, 0.5) is 0 Å². The Morgan fingerprint density at radius 2 is 2.40 bits per heavy atom. The molecule has 20 heavy (non-hydrogen) atoms. The number of nitrogens with zero attached hydrogens (tertiary/aromatic N) is 1. The van der Waals surface area contributed by atoms with Crippen LogP contribution in [0.1, 0.15) is 31.9 Å². The van der Waals surface area contributed by atoms with E-state index in [-0.39, 0.29) is 23.1 Å². The summed E-state index contributed by atoms with van der Waals surface area (Å²) in [6.07, 6.45) is 4.01. The molecule has 2 heterocycles. The van der Waals surface area contributed by atoms with E-state index in [1.165, 1.54) is 0 Å². The standard InChI is InChI=1S/C15H20N2O3/c1-2-13(18)17-6-5-15(10-17)8-12(15)14(19)16-9-11-4-3-7-20-11/h3-4,7,12H,2,5-6,8-10H2,1H3,(H,16,19)/t12-,15-/m1/s1. The van der Waals surface area contributed by atoms with Crippen molar-refractivity contribution in [3.63, 3.8) is 0 Å². The molecule has 2 amide bonds. The lowest BCUT2D eigenvalue weighted by Crippen LogP contribution is -2.30. The van der Waals surface area contributed by atoms with Gasteiger partial charge in [0.1, 0.15) is 5.76 Å². The summed E-state index contributed by atoms with van der Waals surface area (Å²) in [5.74, 6) is 1.12. The van der Waals surface area contributed by atoms with Gasteiger partial charge < -0.3 is 14.6 Å². The fraction of sp³-hybridized carbons (Fsp3) is 0.600. The molecule has 1 N–H and O–H groups in total. The molecular weight excluding hydrogens is 256 g/mol. The van der Waals surface area contributed by atoms with Crippen LogP contribution >= 0.6 is 0 Å². The highest BCUT2D eigenvalue weighted by atomic mass is 16.3. The first kappa shape index (κ1) is 13.2. The Morgan fingerprint density at radius 3 is 3.10 bits per heavy atom. The highest BCUT2D eigenvalue weighted by Gasteiger charge is 2.61. The smallest absolute Gasteiger partial charge is 0.224 e. The molecule has 1 aliphatic heterocycles. The van der Waals surface area contributed by atoms with Crippen LogP contribution in [0.5, 0.6) is 0 Å². The van der Waals surface area contributed by atoms with Gasteiger partial charge in [-0.2, -0.15) is 0 Å². The summed E-state index contributed by atoms with van der Waals surface area (Å²) in [5, 5.41) is 2.92. The monoisotopic (exact) mass is 276 g/mol. The number of carbonyl (C=O) groups excluding carboxylic acids is 2. The van der Waals surface area contributed by atoms with E-state index in [9.17, 15) is 9.59 Å². The van der Waals surface area contributed by atoms with Gasteiger partial charge in [0.05, 0.1) is 12.8 Å². The van der Waals surface area contributed by atoms with E-state index in [4.69, 9.17) is 4.42 Å². The molecule has 0 unspecified atom stereocenters. The fourth-order valence-corrected chi connectivity index (χ4v) is 3.21. The van der Waals surface area contributed by atoms with Crippen molar-refractivity contribution in [3.8, 4) is 0 Å². The third-order valence-electron chi connectivity index (χ3n) is 4.56. The van der Waals surface area contributed by atoms with Gasteiger partial charge in [-0.1, -0.05) is 6.92 Å². The maximum Gasteiger partial charge on any atom is 0.224 e. The Hall–Kier alpha value is -1.78. The summed E-state index contributed by atoms with van der Waals surface area (Å²) in [7, 11) is 0. The number of likely N-dealkylation sites (tertiary alicyclic amines) is 1. The second kappa shape index (κ2) is 4.96. The molecule has 0 radical (unpaired) electrons. The van der Waals surface area contributed by atoms with Crippen LogP contribution in [0, 0.1) is 11.3 Å². The summed E-state index contributed by atoms with van der Waals surface area (Å²) >= 11 is 0. The van der Waals surface area contributed by atoms with Crippen molar-refractivity contribution in [3.05, 3.63) is 24.2 Å². The molecule has 5 nitrogen and oxygen atoms in total. The zero-order chi connectivity index (χ0) is 14.2. The van der Waals surface area contributed by atoms with E-state index < -0.39 is 0 Å². The summed E-state index contributed by atoms with van der Waals surface area (Å²) in [6, 6.07) is 3.66. The van der Waals surface area contributed by atoms with E-state index in [1.54, 1.807) is 6.26 Å². The molecule has 0 aromatic carbocycles. The SMILES string of the molecule is CCC(=O)N1CC[C@@]2(C[C@@H]2C(=O)NCc2ccco2)C1. The maximum absolute atomic E-state index is 12.2. The topological polar surface area (TPSA) is 62.6 Å². The third-order valence-corrected chi connectivity index (χ3v) is 4.56. The van der Waals surface area contributed by atoms with Crippen LogP contribution in [-0.4, -0.2) is 29.8 Å². The van der Waals surface area contributed by atoms with Crippen LogP contribution in [0.3, 0.4) is 0 Å². The number of hydrogen-bond acceptors (Lipinski definition) is 3. The molecule has 5 heteroatoms. The van der Waals surface area contributed by atoms with Gasteiger partial charge in [-0.3, -0.25) is 9.59 Å². The Bertz CT molecular complexity index is 511. The molecular formula is C15H20N2O3. The molecule has 1 spiro atoms. The Morgan fingerprint density at radius 1 is 1.55 bits per heavy atom. The largest absolute Gasteiger partial charge is 0.467 e. The van der Waals surface area contributed by atoms with E-state index in [0.29, 0.717) is 13.0 Å². The molecule has 2 atom stereocenters. The summed E-state index contributed by atoms with van der Waals surface area (Å²) in [6.45, 7) is 3.87. The average molecular weight is 276 g/mol. The number of rotatable bonds is 4. The minimum absolute atomic E-state index is 0.0536. The van der Waals surface area contributed by atoms with Crippen molar-refractivity contribution < 1.29 is 14.0 Å². The summed E-state index contributed by atoms with van der Waals surface area (Å²) < 4.78 is 5.20. The number of furan rings is 1. The molecule has 2 fully saturated rings. The second-order valence-corrected chi connectivity index (χ2v) is 5.84. The molecule has 1 saturated heterocycles. The Kier molecular flexibility index (Phi) is 3.28. The van der Waals surface area contributed by atoms with Crippen LogP contribution in [0.15, 0.2) is 22.8 Å². The maximum atomic E-state index is 12.2. The van der Waals surface area contributed by atoms with Gasteiger partial charge in [0.15, 0.2) is 0 Å². The molecule has 1 aromatic heterocycles. The lowest BCUT2D eigenvalue weighted by molar-refractivity contribution is -0.130. The number of amides is 2. The average Bonchev–Trinajstić information content (AvgIpc) is 2.85. The van der Waals surface area contributed by atoms with E-state index in [1.807, 2.05) is 24.0 Å². The quantitative estimate of drug-likeness (QED) is 0.907. The van der Waals surface area contributed by atoms with Gasteiger partial charge in [0.2, 0.25) is 11.8 Å². The van der Waals surface area contributed by atoms with Crippen LogP contribution < -0.4 is 5.32 Å². The van der Waals surface area contributed by atoms with E-state index in [0.717, 1.165) is 31.7 Å². The molecule has 2 aliphatic rings. The number of carbonyl (C=O) groups is 2. The number of hydrogen-bond donors (Lipinski definition) is 1. The lowest BCUT2D eigenvalue weighted by Gasteiger charge is -2.15. The van der Waals surface area contributed by atoms with Gasteiger partial charge in [-0.25, -0.2) is 0 Å². The van der Waals surface area contributed by atoms with E-state index >= 15 is 0 Å². The van der Waals surface area contributed by atoms with Gasteiger partial charge in [0, 0.05) is 30.8 Å². The lowest BCUT2D eigenvalue weighted by atomic mass is 10.0. The highest BCUT2D eigenvalue weighted by Crippen LogP contribution is 2.58. The molecule has 108 valence electrons. The van der Waals surface area contributed by atoms with Crippen molar-refractivity contribution in [2.45, 2.75) is 32.7 Å². The third kappa shape index (κ3) is 2.32. The first-order chi connectivity index (χ1) is 9.64. The van der Waals surface area contributed by atoms with Crippen molar-refractivity contribution in [2.24, 2.45) is 11.3 Å².